The molecule has 5 heteroatoms. The van der Waals surface area contributed by atoms with Crippen LogP contribution in [0.2, 0.25) is 0 Å². The SMILES string of the molecule is COC(N)=CC(=O)NC#N. The van der Waals surface area contributed by atoms with Gasteiger partial charge in [0.05, 0.1) is 13.2 Å². The third kappa shape index (κ3) is 3.32. The maximum absolute atomic E-state index is 10.4. The number of nitriles is 1. The maximum atomic E-state index is 10.4. The van der Waals surface area contributed by atoms with Gasteiger partial charge in [0.2, 0.25) is 0 Å². The minimum atomic E-state index is -0.596. The van der Waals surface area contributed by atoms with Crippen molar-refractivity contribution in [3.05, 3.63) is 12.0 Å². The van der Waals surface area contributed by atoms with Crippen molar-refractivity contribution in [3.8, 4) is 6.19 Å². The summed E-state index contributed by atoms with van der Waals surface area (Å²) in [5.41, 5.74) is 5.07. The molecule has 0 aromatic rings. The number of carbonyl (C=O) groups is 1. The van der Waals surface area contributed by atoms with Crippen molar-refractivity contribution in [2.75, 3.05) is 7.11 Å². The van der Waals surface area contributed by atoms with E-state index in [0.29, 0.717) is 0 Å². The van der Waals surface area contributed by atoms with Gasteiger partial charge in [0.1, 0.15) is 0 Å². The molecule has 0 spiro atoms. The maximum Gasteiger partial charge on any atom is 0.262 e. The van der Waals surface area contributed by atoms with Crippen molar-refractivity contribution in [2.45, 2.75) is 0 Å². The average Bonchev–Trinajstić information content (AvgIpc) is 1.88. The van der Waals surface area contributed by atoms with Crippen molar-refractivity contribution in [1.29, 1.82) is 5.26 Å². The smallest absolute Gasteiger partial charge is 0.262 e. The standard InChI is InChI=1S/C5H7N3O2/c1-10-4(7)2-5(9)8-3-6/h2H,7H2,1H3,(H,8,9). The Kier molecular flexibility index (Phi) is 3.49. The van der Waals surface area contributed by atoms with Crippen LogP contribution in [-0.2, 0) is 9.53 Å². The van der Waals surface area contributed by atoms with Gasteiger partial charge >= 0.3 is 0 Å². The van der Waals surface area contributed by atoms with E-state index in [2.05, 4.69) is 4.74 Å². The number of nitrogens with zero attached hydrogens (tertiary/aromatic N) is 1. The van der Waals surface area contributed by atoms with Crippen LogP contribution >= 0.6 is 0 Å². The lowest BCUT2D eigenvalue weighted by molar-refractivity contribution is -0.115. The van der Waals surface area contributed by atoms with Crippen LogP contribution in [-0.4, -0.2) is 13.0 Å². The fourth-order valence-electron chi connectivity index (χ4n) is 0.279. The van der Waals surface area contributed by atoms with Gasteiger partial charge < -0.3 is 10.5 Å². The minimum Gasteiger partial charge on any atom is -0.483 e. The van der Waals surface area contributed by atoms with Crippen LogP contribution in [0.5, 0.6) is 0 Å². The minimum absolute atomic E-state index is 0.0345. The lowest BCUT2D eigenvalue weighted by atomic mass is 10.5. The highest BCUT2D eigenvalue weighted by molar-refractivity contribution is 5.88. The molecule has 1 amide bonds. The Balaban J connectivity index is 3.90. The molecule has 0 aliphatic heterocycles. The first kappa shape index (κ1) is 8.30. The second kappa shape index (κ2) is 4.21. The van der Waals surface area contributed by atoms with E-state index in [1.54, 1.807) is 0 Å². The molecule has 0 atom stereocenters. The molecular formula is C5H7N3O2. The first-order valence-corrected chi connectivity index (χ1v) is 2.41. The summed E-state index contributed by atoms with van der Waals surface area (Å²) in [5.74, 6) is -0.630. The van der Waals surface area contributed by atoms with Gasteiger partial charge in [0.15, 0.2) is 12.1 Å². The predicted octanol–water partition coefficient (Wildman–Crippen LogP) is -0.970. The molecule has 0 rings (SSSR count). The first-order valence-electron chi connectivity index (χ1n) is 2.41. The van der Waals surface area contributed by atoms with Gasteiger partial charge in [-0.1, -0.05) is 0 Å². The molecule has 0 fully saturated rings. The lowest BCUT2D eigenvalue weighted by Crippen LogP contribution is -2.16. The van der Waals surface area contributed by atoms with Crippen LogP contribution in [0.1, 0.15) is 0 Å². The average molecular weight is 141 g/mol. The highest BCUT2D eigenvalue weighted by Gasteiger charge is 1.94. The Morgan fingerprint density at radius 1 is 1.90 bits per heavy atom. The van der Waals surface area contributed by atoms with E-state index in [0.717, 1.165) is 6.08 Å². The Labute approximate surface area is 58.1 Å². The molecule has 0 heterocycles. The van der Waals surface area contributed by atoms with Crippen LogP contribution in [0.4, 0.5) is 0 Å². The molecule has 0 saturated carbocycles. The number of nitrogens with one attached hydrogen (secondary N) is 1. The van der Waals surface area contributed by atoms with E-state index >= 15 is 0 Å². The number of ether oxygens (including phenoxy) is 1. The zero-order valence-corrected chi connectivity index (χ0v) is 5.42. The summed E-state index contributed by atoms with van der Waals surface area (Å²) in [6.07, 6.45) is 2.42. The Hall–Kier alpha value is -1.70. The zero-order valence-electron chi connectivity index (χ0n) is 5.42. The highest BCUT2D eigenvalue weighted by atomic mass is 16.5. The summed E-state index contributed by atoms with van der Waals surface area (Å²) >= 11 is 0. The third-order valence-electron chi connectivity index (χ3n) is 0.688. The second-order valence-corrected chi connectivity index (χ2v) is 1.35. The molecule has 0 radical (unpaired) electrons. The molecule has 0 aromatic carbocycles. The van der Waals surface area contributed by atoms with Gasteiger partial charge in [-0.25, -0.2) is 0 Å². The number of carbonyl (C=O) groups excluding carboxylic acids is 1. The summed E-state index contributed by atoms with van der Waals surface area (Å²) in [7, 11) is 1.32. The summed E-state index contributed by atoms with van der Waals surface area (Å²) in [6, 6.07) is 0. The number of rotatable bonds is 2. The van der Waals surface area contributed by atoms with Crippen molar-refractivity contribution in [3.63, 3.8) is 0 Å². The lowest BCUT2D eigenvalue weighted by Gasteiger charge is -1.95. The molecule has 0 aromatic heterocycles. The Morgan fingerprint density at radius 2 is 2.50 bits per heavy atom. The van der Waals surface area contributed by atoms with Crippen LogP contribution in [0.15, 0.2) is 12.0 Å². The van der Waals surface area contributed by atoms with E-state index in [1.165, 1.54) is 13.3 Å². The van der Waals surface area contributed by atoms with Crippen LogP contribution in [0.3, 0.4) is 0 Å². The summed E-state index contributed by atoms with van der Waals surface area (Å²) < 4.78 is 4.44. The number of methoxy groups -OCH3 is 1. The van der Waals surface area contributed by atoms with Crippen molar-refractivity contribution in [2.24, 2.45) is 5.73 Å². The van der Waals surface area contributed by atoms with Crippen LogP contribution in [0.25, 0.3) is 0 Å². The van der Waals surface area contributed by atoms with Gasteiger partial charge in [0, 0.05) is 0 Å². The van der Waals surface area contributed by atoms with Crippen LogP contribution < -0.4 is 11.1 Å². The normalized spacial score (nSPS) is 9.80. The van der Waals surface area contributed by atoms with Crippen LogP contribution in [0, 0.1) is 11.5 Å². The van der Waals surface area contributed by atoms with Gasteiger partial charge in [-0.15, -0.1) is 0 Å². The number of amides is 1. The van der Waals surface area contributed by atoms with Gasteiger partial charge in [-0.3, -0.25) is 10.1 Å². The molecule has 0 saturated heterocycles. The van der Waals surface area contributed by atoms with Crippen molar-refractivity contribution >= 4 is 5.91 Å². The second-order valence-electron chi connectivity index (χ2n) is 1.35. The highest BCUT2D eigenvalue weighted by Crippen LogP contribution is 1.81. The Morgan fingerprint density at radius 3 is 2.90 bits per heavy atom. The fourth-order valence-corrected chi connectivity index (χ4v) is 0.279. The van der Waals surface area contributed by atoms with Crippen molar-refractivity contribution in [1.82, 2.24) is 5.32 Å². The number of hydrogen-bond acceptors (Lipinski definition) is 4. The zero-order chi connectivity index (χ0) is 7.98. The Bertz CT molecular complexity index is 192. The predicted molar refractivity (Wildman–Crippen MR) is 33.0 cm³/mol. The first-order chi connectivity index (χ1) is 4.70. The van der Waals surface area contributed by atoms with Gasteiger partial charge in [0.25, 0.3) is 5.91 Å². The van der Waals surface area contributed by atoms with Gasteiger partial charge in [-0.2, -0.15) is 5.26 Å². The fraction of sp³-hybridized carbons (Fsp3) is 0.200. The summed E-state index contributed by atoms with van der Waals surface area (Å²) in [5, 5.41) is 9.77. The molecule has 5 nitrogen and oxygen atoms in total. The molecule has 0 aliphatic rings. The topological polar surface area (TPSA) is 88.1 Å². The third-order valence-corrected chi connectivity index (χ3v) is 0.688. The summed E-state index contributed by atoms with van der Waals surface area (Å²) in [4.78, 5) is 10.4. The molecule has 10 heavy (non-hydrogen) atoms. The largest absolute Gasteiger partial charge is 0.483 e. The molecule has 0 bridgehead atoms. The molecular weight excluding hydrogens is 134 g/mol. The number of hydrogen-bond donors (Lipinski definition) is 2. The summed E-state index contributed by atoms with van der Waals surface area (Å²) in [6.45, 7) is 0. The van der Waals surface area contributed by atoms with Crippen molar-refractivity contribution < 1.29 is 9.53 Å². The van der Waals surface area contributed by atoms with Gasteiger partial charge in [-0.05, 0) is 0 Å². The van der Waals surface area contributed by atoms with E-state index in [4.69, 9.17) is 11.0 Å². The molecule has 54 valence electrons. The van der Waals surface area contributed by atoms with E-state index in [1.807, 2.05) is 5.32 Å². The molecule has 3 N–H and O–H groups in total. The molecule has 0 unspecified atom stereocenters. The van der Waals surface area contributed by atoms with E-state index in [-0.39, 0.29) is 5.88 Å². The van der Waals surface area contributed by atoms with E-state index < -0.39 is 5.91 Å². The quantitative estimate of drug-likeness (QED) is 0.224. The molecule has 0 aliphatic carbocycles. The monoisotopic (exact) mass is 141 g/mol. The number of nitrogens with two attached hydrogens (primary N) is 1. The van der Waals surface area contributed by atoms with E-state index in [9.17, 15) is 4.79 Å².